The fourth-order valence-corrected chi connectivity index (χ4v) is 1.15. The Kier molecular flexibility index (Phi) is 15.5. The predicted molar refractivity (Wildman–Crippen MR) is 97.5 cm³/mol. The van der Waals surface area contributed by atoms with Crippen molar-refractivity contribution in [3.8, 4) is 0 Å². The summed E-state index contributed by atoms with van der Waals surface area (Å²) >= 11 is 9.93. The first kappa shape index (κ1) is 21.3. The number of alkyl halides is 2. The summed E-state index contributed by atoms with van der Waals surface area (Å²) in [5.74, 6) is 0. The summed E-state index contributed by atoms with van der Waals surface area (Å²) in [6, 6.07) is 22.5. The SMILES string of the molecule is C(=Nc1ccccc1)=Nc1ccccc1.COCCl.COCCl. The van der Waals surface area contributed by atoms with E-state index in [1.807, 2.05) is 60.7 Å². The van der Waals surface area contributed by atoms with Gasteiger partial charge >= 0.3 is 0 Å². The number of methoxy groups -OCH3 is 2. The Morgan fingerprint density at radius 1 is 0.739 bits per heavy atom. The van der Waals surface area contributed by atoms with Crippen molar-refractivity contribution in [2.24, 2.45) is 9.98 Å². The molecule has 2 aromatic carbocycles. The molecule has 0 aliphatic heterocycles. The molecule has 23 heavy (non-hydrogen) atoms. The quantitative estimate of drug-likeness (QED) is 0.538. The number of halogens is 2. The van der Waals surface area contributed by atoms with E-state index >= 15 is 0 Å². The summed E-state index contributed by atoms with van der Waals surface area (Å²) in [6.45, 7) is 0. The maximum atomic E-state index is 4.96. The second-order valence-corrected chi connectivity index (χ2v) is 4.23. The minimum Gasteiger partial charge on any atom is -0.369 e. The molecule has 2 rings (SSSR count). The van der Waals surface area contributed by atoms with Gasteiger partial charge in [-0.2, -0.15) is 9.98 Å². The zero-order valence-electron chi connectivity index (χ0n) is 13.2. The van der Waals surface area contributed by atoms with Gasteiger partial charge in [-0.3, -0.25) is 0 Å². The van der Waals surface area contributed by atoms with Crippen LogP contribution in [0.3, 0.4) is 0 Å². The van der Waals surface area contributed by atoms with Crippen molar-refractivity contribution in [3.05, 3.63) is 60.7 Å². The highest BCUT2D eigenvalue weighted by atomic mass is 35.5. The van der Waals surface area contributed by atoms with E-state index in [1.54, 1.807) is 14.2 Å². The van der Waals surface area contributed by atoms with Gasteiger partial charge in [0.15, 0.2) is 0 Å². The third-order valence-corrected chi connectivity index (χ3v) is 2.53. The average Bonchev–Trinajstić information content (AvgIpc) is 2.64. The number of rotatable bonds is 4. The van der Waals surface area contributed by atoms with Crippen LogP contribution in [0.1, 0.15) is 0 Å². The molecule has 0 radical (unpaired) electrons. The van der Waals surface area contributed by atoms with Gasteiger partial charge in [0.2, 0.25) is 0 Å². The van der Waals surface area contributed by atoms with Crippen LogP contribution in [0, 0.1) is 0 Å². The molecule has 0 aliphatic carbocycles. The first-order valence-electron chi connectivity index (χ1n) is 6.64. The topological polar surface area (TPSA) is 43.2 Å². The van der Waals surface area contributed by atoms with E-state index in [0.29, 0.717) is 12.1 Å². The van der Waals surface area contributed by atoms with E-state index < -0.39 is 0 Å². The highest BCUT2D eigenvalue weighted by Crippen LogP contribution is 2.10. The van der Waals surface area contributed by atoms with Crippen molar-refractivity contribution < 1.29 is 9.47 Å². The Bertz CT molecular complexity index is 494. The highest BCUT2D eigenvalue weighted by Gasteiger charge is 1.83. The van der Waals surface area contributed by atoms with Crippen LogP contribution in [-0.4, -0.2) is 32.4 Å². The summed E-state index contributed by atoms with van der Waals surface area (Å²) in [7, 11) is 3.10. The molecular weight excluding hydrogens is 335 g/mol. The Balaban J connectivity index is 0.000000509. The van der Waals surface area contributed by atoms with Crippen molar-refractivity contribution in [2.75, 3.05) is 26.4 Å². The molecule has 2 aromatic rings. The molecular formula is C17H20Cl2N2O2. The number of hydrogen-bond donors (Lipinski definition) is 0. The number of aliphatic imine (C=N–C) groups is 2. The molecule has 0 aromatic heterocycles. The molecule has 0 spiro atoms. The number of nitrogens with zero attached hydrogens (tertiary/aromatic N) is 2. The van der Waals surface area contributed by atoms with Gasteiger partial charge in [0.25, 0.3) is 0 Å². The lowest BCUT2D eigenvalue weighted by Crippen LogP contribution is -1.68. The monoisotopic (exact) mass is 354 g/mol. The smallest absolute Gasteiger partial charge is 0.120 e. The zero-order valence-corrected chi connectivity index (χ0v) is 14.7. The molecule has 0 fully saturated rings. The average molecular weight is 355 g/mol. The van der Waals surface area contributed by atoms with Crippen molar-refractivity contribution in [1.82, 2.24) is 0 Å². The van der Waals surface area contributed by atoms with Gasteiger partial charge in [-0.25, -0.2) is 0 Å². The van der Waals surface area contributed by atoms with Crippen LogP contribution in [0.2, 0.25) is 0 Å². The maximum absolute atomic E-state index is 4.96. The first-order chi connectivity index (χ1) is 11.3. The van der Waals surface area contributed by atoms with Crippen LogP contribution in [0.25, 0.3) is 0 Å². The minimum absolute atomic E-state index is 0.292. The standard InChI is InChI=1S/C13H10N2.2C2H5ClO/c1-3-7-12(8-4-1)14-11-15-13-9-5-2-6-10-13;2*1-4-2-3/h1-10H;2*2H2,1H3. The molecule has 0 aliphatic rings. The van der Waals surface area contributed by atoms with E-state index in [-0.39, 0.29) is 0 Å². The molecule has 0 bridgehead atoms. The molecule has 0 unspecified atom stereocenters. The lowest BCUT2D eigenvalue weighted by molar-refractivity contribution is 0.254. The van der Waals surface area contributed by atoms with Crippen molar-refractivity contribution >= 4 is 40.6 Å². The molecule has 0 heterocycles. The van der Waals surface area contributed by atoms with Crippen LogP contribution in [-0.2, 0) is 9.47 Å². The number of para-hydroxylation sites is 2. The predicted octanol–water partition coefficient (Wildman–Crippen LogP) is 5.48. The largest absolute Gasteiger partial charge is 0.369 e. The van der Waals surface area contributed by atoms with Crippen LogP contribution in [0.5, 0.6) is 0 Å². The Labute approximate surface area is 147 Å². The molecule has 0 amide bonds. The summed E-state index contributed by atoms with van der Waals surface area (Å²) < 4.78 is 8.61. The fourth-order valence-electron chi connectivity index (χ4n) is 1.15. The maximum Gasteiger partial charge on any atom is 0.120 e. The number of hydrogen-bond acceptors (Lipinski definition) is 4. The normalized spacial score (nSPS) is 8.52. The third kappa shape index (κ3) is 13.7. The Morgan fingerprint density at radius 2 is 1.04 bits per heavy atom. The van der Waals surface area contributed by atoms with Crippen molar-refractivity contribution in [1.29, 1.82) is 0 Å². The van der Waals surface area contributed by atoms with Gasteiger partial charge in [-0.15, -0.1) is 0 Å². The van der Waals surface area contributed by atoms with Gasteiger partial charge < -0.3 is 9.47 Å². The molecule has 0 atom stereocenters. The lowest BCUT2D eigenvalue weighted by atomic mass is 10.3. The molecule has 0 saturated heterocycles. The second kappa shape index (κ2) is 16.7. The number of ether oxygens (including phenoxy) is 2. The molecule has 6 heteroatoms. The van der Waals surface area contributed by atoms with E-state index in [0.717, 1.165) is 11.4 Å². The molecule has 4 nitrogen and oxygen atoms in total. The van der Waals surface area contributed by atoms with Gasteiger partial charge in [-0.1, -0.05) is 59.6 Å². The van der Waals surface area contributed by atoms with Gasteiger partial charge in [0.05, 0.1) is 11.4 Å². The van der Waals surface area contributed by atoms with Crippen molar-refractivity contribution in [3.63, 3.8) is 0 Å². The number of benzene rings is 2. The Morgan fingerprint density at radius 3 is 1.30 bits per heavy atom. The van der Waals surface area contributed by atoms with E-state index in [1.165, 1.54) is 0 Å². The van der Waals surface area contributed by atoms with E-state index in [9.17, 15) is 0 Å². The van der Waals surface area contributed by atoms with Gasteiger partial charge in [-0.05, 0) is 24.3 Å². The van der Waals surface area contributed by atoms with Crippen molar-refractivity contribution in [2.45, 2.75) is 0 Å². The lowest BCUT2D eigenvalue weighted by Gasteiger charge is -1.87. The minimum atomic E-state index is 0.292. The molecule has 0 saturated carbocycles. The summed E-state index contributed by atoms with van der Waals surface area (Å²) in [5, 5.41) is 0. The van der Waals surface area contributed by atoms with E-state index in [2.05, 4.69) is 25.5 Å². The van der Waals surface area contributed by atoms with Crippen LogP contribution in [0.4, 0.5) is 11.4 Å². The molecule has 124 valence electrons. The van der Waals surface area contributed by atoms with Crippen LogP contribution < -0.4 is 0 Å². The Hall–Kier alpha value is -1.68. The van der Waals surface area contributed by atoms with Gasteiger partial charge in [0.1, 0.15) is 18.1 Å². The zero-order chi connectivity index (χ0) is 17.2. The van der Waals surface area contributed by atoms with E-state index in [4.69, 9.17) is 23.2 Å². The second-order valence-electron chi connectivity index (χ2n) is 3.79. The fraction of sp³-hybridized carbons (Fsp3) is 0.235. The summed E-state index contributed by atoms with van der Waals surface area (Å²) in [5.41, 5.74) is 1.72. The third-order valence-electron chi connectivity index (χ3n) is 2.09. The first-order valence-corrected chi connectivity index (χ1v) is 7.71. The van der Waals surface area contributed by atoms with Crippen LogP contribution in [0.15, 0.2) is 70.6 Å². The highest BCUT2D eigenvalue weighted by molar-refractivity contribution is 6.17. The molecule has 0 N–H and O–H groups in total. The summed E-state index contributed by atoms with van der Waals surface area (Å²) in [4.78, 5) is 8.17. The summed E-state index contributed by atoms with van der Waals surface area (Å²) in [6.07, 6.45) is 0. The van der Waals surface area contributed by atoms with Gasteiger partial charge in [0, 0.05) is 14.2 Å². The van der Waals surface area contributed by atoms with Crippen LogP contribution >= 0.6 is 23.2 Å².